The third-order valence-electron chi connectivity index (χ3n) is 2.24. The molecule has 0 aliphatic heterocycles. The molecule has 2 rings (SSSR count). The number of benzene rings is 2. The van der Waals surface area contributed by atoms with Gasteiger partial charge in [-0.25, -0.2) is 17.2 Å². The summed E-state index contributed by atoms with van der Waals surface area (Å²) in [6.45, 7) is 0. The molecule has 19 heavy (non-hydrogen) atoms. The van der Waals surface area contributed by atoms with Gasteiger partial charge in [-0.3, -0.25) is 4.72 Å². The molecule has 0 unspecified atom stereocenters. The van der Waals surface area contributed by atoms with Crippen LogP contribution < -0.4 is 4.72 Å². The highest BCUT2D eigenvalue weighted by atomic mass is 127. The summed E-state index contributed by atoms with van der Waals surface area (Å²) in [6, 6.07) is 8.69. The van der Waals surface area contributed by atoms with Crippen molar-refractivity contribution in [2.75, 3.05) is 4.72 Å². The summed E-state index contributed by atoms with van der Waals surface area (Å²) in [4.78, 5) is -0.455. The average Bonchev–Trinajstić information content (AvgIpc) is 2.31. The van der Waals surface area contributed by atoms with E-state index < -0.39 is 26.6 Å². The molecule has 0 radical (unpaired) electrons. The van der Waals surface area contributed by atoms with E-state index >= 15 is 0 Å². The molecule has 0 heterocycles. The third-order valence-corrected chi connectivity index (χ3v) is 4.32. The normalized spacial score (nSPS) is 11.3. The number of rotatable bonds is 3. The van der Waals surface area contributed by atoms with Crippen LogP contribution in [-0.4, -0.2) is 8.42 Å². The largest absolute Gasteiger partial charge is 0.280 e. The third kappa shape index (κ3) is 3.63. The van der Waals surface area contributed by atoms with E-state index in [1.807, 2.05) is 0 Å². The lowest BCUT2D eigenvalue weighted by molar-refractivity contribution is 0.568. The van der Waals surface area contributed by atoms with Crippen LogP contribution in [0, 0.1) is 15.2 Å². The second-order valence-electron chi connectivity index (χ2n) is 3.72. The lowest BCUT2D eigenvalue weighted by Gasteiger charge is -2.08. The summed E-state index contributed by atoms with van der Waals surface area (Å²) in [6.07, 6.45) is 0. The van der Waals surface area contributed by atoms with Crippen LogP contribution in [0.1, 0.15) is 0 Å². The van der Waals surface area contributed by atoms with Gasteiger partial charge in [0.2, 0.25) is 0 Å². The van der Waals surface area contributed by atoms with Gasteiger partial charge in [0.1, 0.15) is 11.6 Å². The van der Waals surface area contributed by atoms with Crippen LogP contribution in [0.2, 0.25) is 0 Å². The van der Waals surface area contributed by atoms with Gasteiger partial charge >= 0.3 is 0 Å². The molecule has 0 aliphatic rings. The molecule has 0 aromatic heterocycles. The first-order valence-corrected chi connectivity index (χ1v) is 7.67. The smallest absolute Gasteiger partial charge is 0.262 e. The highest BCUT2D eigenvalue weighted by Gasteiger charge is 2.16. The molecule has 2 aromatic carbocycles. The summed E-state index contributed by atoms with van der Waals surface area (Å²) in [7, 11) is -4.00. The van der Waals surface area contributed by atoms with Crippen molar-refractivity contribution in [1.82, 2.24) is 0 Å². The SMILES string of the molecule is O=S(=O)(Nc1ccc(I)cc1)c1cc(F)cc(F)c1. The lowest BCUT2D eigenvalue weighted by atomic mass is 10.3. The van der Waals surface area contributed by atoms with Crippen molar-refractivity contribution >= 4 is 38.3 Å². The molecule has 0 spiro atoms. The first-order valence-electron chi connectivity index (χ1n) is 5.11. The van der Waals surface area contributed by atoms with Crippen LogP contribution in [-0.2, 0) is 10.0 Å². The number of nitrogens with one attached hydrogen (secondary N) is 1. The zero-order valence-electron chi connectivity index (χ0n) is 9.40. The van der Waals surface area contributed by atoms with Crippen molar-refractivity contribution in [2.24, 2.45) is 0 Å². The summed E-state index contributed by atoms with van der Waals surface area (Å²) < 4.78 is 53.1. The van der Waals surface area contributed by atoms with Crippen molar-refractivity contribution in [3.8, 4) is 0 Å². The van der Waals surface area contributed by atoms with Crippen LogP contribution in [0.25, 0.3) is 0 Å². The number of halogens is 3. The molecule has 0 saturated heterocycles. The predicted molar refractivity (Wildman–Crippen MR) is 76.3 cm³/mol. The fraction of sp³-hybridized carbons (Fsp3) is 0. The van der Waals surface area contributed by atoms with Crippen LogP contribution >= 0.6 is 22.6 Å². The quantitative estimate of drug-likeness (QED) is 0.811. The zero-order valence-corrected chi connectivity index (χ0v) is 12.4. The van der Waals surface area contributed by atoms with Gasteiger partial charge in [0.05, 0.1) is 4.90 Å². The predicted octanol–water partition coefficient (Wildman–Crippen LogP) is 3.37. The molecule has 0 atom stereocenters. The Morgan fingerprint density at radius 2 is 1.47 bits per heavy atom. The van der Waals surface area contributed by atoms with E-state index in [4.69, 9.17) is 0 Å². The molecule has 0 amide bonds. The van der Waals surface area contributed by atoms with Gasteiger partial charge in [-0.1, -0.05) is 0 Å². The van der Waals surface area contributed by atoms with E-state index in [0.717, 1.165) is 15.7 Å². The minimum atomic E-state index is -4.00. The van der Waals surface area contributed by atoms with Crippen LogP contribution in [0.3, 0.4) is 0 Å². The van der Waals surface area contributed by atoms with E-state index in [1.165, 1.54) is 0 Å². The van der Waals surface area contributed by atoms with Gasteiger partial charge < -0.3 is 0 Å². The van der Waals surface area contributed by atoms with Gasteiger partial charge in [0.15, 0.2) is 0 Å². The molecular formula is C12H8F2INO2S. The minimum absolute atomic E-state index is 0.324. The van der Waals surface area contributed by atoms with Crippen molar-refractivity contribution < 1.29 is 17.2 Å². The molecule has 1 N–H and O–H groups in total. The van der Waals surface area contributed by atoms with Crippen molar-refractivity contribution in [3.63, 3.8) is 0 Å². The summed E-state index contributed by atoms with van der Waals surface area (Å²) in [5.41, 5.74) is 0.324. The lowest BCUT2D eigenvalue weighted by Crippen LogP contribution is -2.13. The fourth-order valence-corrected chi connectivity index (χ4v) is 2.87. The molecule has 0 saturated carbocycles. The monoisotopic (exact) mass is 395 g/mol. The Labute approximate surface area is 122 Å². The molecule has 0 fully saturated rings. The second-order valence-corrected chi connectivity index (χ2v) is 6.65. The topological polar surface area (TPSA) is 46.2 Å². The molecule has 0 aliphatic carbocycles. The number of anilines is 1. The summed E-state index contributed by atoms with van der Waals surface area (Å²) in [5, 5.41) is 0. The van der Waals surface area contributed by atoms with Crippen LogP contribution in [0.5, 0.6) is 0 Å². The highest BCUT2D eigenvalue weighted by Crippen LogP contribution is 2.19. The molecule has 3 nitrogen and oxygen atoms in total. The molecule has 7 heteroatoms. The second kappa shape index (κ2) is 5.41. The Hall–Kier alpha value is -1.22. The Balaban J connectivity index is 2.34. The average molecular weight is 395 g/mol. The maximum Gasteiger partial charge on any atom is 0.262 e. The molecule has 100 valence electrons. The van der Waals surface area contributed by atoms with Crippen LogP contribution in [0.15, 0.2) is 47.4 Å². The maximum absolute atomic E-state index is 13.0. The van der Waals surface area contributed by atoms with E-state index in [1.54, 1.807) is 24.3 Å². The van der Waals surface area contributed by atoms with E-state index in [-0.39, 0.29) is 0 Å². The highest BCUT2D eigenvalue weighted by molar-refractivity contribution is 14.1. The molecule has 2 aromatic rings. The minimum Gasteiger partial charge on any atom is -0.280 e. The Morgan fingerprint density at radius 1 is 0.947 bits per heavy atom. The van der Waals surface area contributed by atoms with Gasteiger partial charge in [-0.15, -0.1) is 0 Å². The standard InChI is InChI=1S/C12H8F2INO2S/c13-8-5-9(14)7-12(6-8)19(17,18)16-11-3-1-10(15)2-4-11/h1-7,16H. The maximum atomic E-state index is 13.0. The first kappa shape index (κ1) is 14.2. The molecular weight excluding hydrogens is 387 g/mol. The number of hydrogen-bond donors (Lipinski definition) is 1. The Kier molecular flexibility index (Phi) is 4.04. The Bertz CT molecular complexity index is 682. The number of hydrogen-bond acceptors (Lipinski definition) is 2. The van der Waals surface area contributed by atoms with Gasteiger partial charge in [-0.05, 0) is 59.0 Å². The van der Waals surface area contributed by atoms with Gasteiger partial charge in [0, 0.05) is 15.3 Å². The van der Waals surface area contributed by atoms with Crippen molar-refractivity contribution in [3.05, 3.63) is 57.7 Å². The summed E-state index contributed by atoms with van der Waals surface area (Å²) in [5.74, 6) is -1.88. The van der Waals surface area contributed by atoms with E-state index in [0.29, 0.717) is 11.8 Å². The zero-order chi connectivity index (χ0) is 14.0. The van der Waals surface area contributed by atoms with Gasteiger partial charge in [-0.2, -0.15) is 0 Å². The van der Waals surface area contributed by atoms with E-state index in [9.17, 15) is 17.2 Å². The van der Waals surface area contributed by atoms with Gasteiger partial charge in [0.25, 0.3) is 10.0 Å². The van der Waals surface area contributed by atoms with Crippen LogP contribution in [0.4, 0.5) is 14.5 Å². The summed E-state index contributed by atoms with van der Waals surface area (Å²) >= 11 is 2.08. The van der Waals surface area contributed by atoms with Crippen molar-refractivity contribution in [2.45, 2.75) is 4.90 Å². The molecule has 0 bridgehead atoms. The number of sulfonamides is 1. The first-order chi connectivity index (χ1) is 8.87. The van der Waals surface area contributed by atoms with E-state index in [2.05, 4.69) is 27.3 Å². The Morgan fingerprint density at radius 3 is 2.00 bits per heavy atom. The fourth-order valence-electron chi connectivity index (χ4n) is 1.42. The van der Waals surface area contributed by atoms with Crippen molar-refractivity contribution in [1.29, 1.82) is 0 Å².